The fourth-order valence-electron chi connectivity index (χ4n) is 5.77. The van der Waals surface area contributed by atoms with Crippen molar-refractivity contribution in [1.29, 1.82) is 0 Å². The highest BCUT2D eigenvalue weighted by molar-refractivity contribution is 5.92. The van der Waals surface area contributed by atoms with Crippen LogP contribution in [0.4, 0.5) is 10.5 Å². The van der Waals surface area contributed by atoms with Gasteiger partial charge in [0.1, 0.15) is 0 Å². The number of rotatable bonds is 3. The van der Waals surface area contributed by atoms with E-state index in [0.29, 0.717) is 0 Å². The van der Waals surface area contributed by atoms with E-state index in [-0.39, 0.29) is 30.3 Å². The summed E-state index contributed by atoms with van der Waals surface area (Å²) in [4.78, 5) is 19.3. The molecule has 0 bridgehead atoms. The van der Waals surface area contributed by atoms with Gasteiger partial charge in [-0.1, -0.05) is 85.8 Å². The lowest BCUT2D eigenvalue weighted by Crippen LogP contribution is -2.42. The topological polar surface area (TPSA) is 36.0 Å². The Hall–Kier alpha value is -3.41. The highest BCUT2D eigenvalue weighted by Crippen LogP contribution is 2.50. The van der Waals surface area contributed by atoms with Crippen LogP contribution in [0.1, 0.15) is 41.6 Å². The molecule has 0 N–H and O–H groups in total. The van der Waals surface area contributed by atoms with Crippen LogP contribution in [-0.2, 0) is 4.74 Å². The molecule has 0 radical (unpaired) electrons. The van der Waals surface area contributed by atoms with E-state index in [0.717, 1.165) is 11.3 Å². The lowest BCUT2D eigenvalue weighted by atomic mass is 9.86. The van der Waals surface area contributed by atoms with Crippen LogP contribution < -0.4 is 4.90 Å². The SMILES string of the molecule is COC(=O)N1C=C(C2N(C)[C@@H](c3ccccc3)[C@H](c3ccccc3)N2C)[C@@H](C)c2ccccc21. The second kappa shape index (κ2) is 9.09. The zero-order chi connectivity index (χ0) is 23.8. The van der Waals surface area contributed by atoms with Gasteiger partial charge in [-0.15, -0.1) is 0 Å². The molecule has 5 nitrogen and oxygen atoms in total. The van der Waals surface area contributed by atoms with Crippen LogP contribution in [0.5, 0.6) is 0 Å². The number of para-hydroxylation sites is 1. The molecule has 0 saturated carbocycles. The fourth-order valence-corrected chi connectivity index (χ4v) is 5.77. The molecule has 0 unspecified atom stereocenters. The zero-order valence-electron chi connectivity index (χ0n) is 20.1. The summed E-state index contributed by atoms with van der Waals surface area (Å²) in [5.74, 6) is 0.151. The number of anilines is 1. The van der Waals surface area contributed by atoms with E-state index in [1.165, 1.54) is 23.8 Å². The number of carbonyl (C=O) groups excluding carboxylic acids is 1. The summed E-state index contributed by atoms with van der Waals surface area (Å²) >= 11 is 0. The van der Waals surface area contributed by atoms with E-state index in [9.17, 15) is 4.79 Å². The van der Waals surface area contributed by atoms with Crippen molar-refractivity contribution in [1.82, 2.24) is 9.80 Å². The van der Waals surface area contributed by atoms with Crippen molar-refractivity contribution >= 4 is 11.8 Å². The first kappa shape index (κ1) is 22.4. The molecule has 2 heterocycles. The van der Waals surface area contributed by atoms with Gasteiger partial charge >= 0.3 is 6.09 Å². The summed E-state index contributed by atoms with van der Waals surface area (Å²) in [5.41, 5.74) is 5.75. The van der Waals surface area contributed by atoms with Gasteiger partial charge in [0.2, 0.25) is 0 Å². The van der Waals surface area contributed by atoms with E-state index < -0.39 is 0 Å². The van der Waals surface area contributed by atoms with Crippen molar-refractivity contribution in [2.24, 2.45) is 0 Å². The van der Waals surface area contributed by atoms with Crippen LogP contribution in [-0.4, -0.2) is 43.3 Å². The van der Waals surface area contributed by atoms with E-state index in [1.54, 1.807) is 4.90 Å². The Labute approximate surface area is 201 Å². The molecule has 1 saturated heterocycles. The number of nitrogens with zero attached hydrogens (tertiary/aromatic N) is 3. The van der Waals surface area contributed by atoms with Gasteiger partial charge in [-0.25, -0.2) is 4.79 Å². The van der Waals surface area contributed by atoms with Gasteiger partial charge in [-0.05, 0) is 42.4 Å². The van der Waals surface area contributed by atoms with E-state index in [4.69, 9.17) is 4.74 Å². The molecule has 2 aliphatic rings. The maximum absolute atomic E-state index is 12.8. The normalized spacial score (nSPS) is 23.5. The molecule has 5 rings (SSSR count). The largest absolute Gasteiger partial charge is 0.452 e. The molecule has 174 valence electrons. The van der Waals surface area contributed by atoms with Crippen molar-refractivity contribution < 1.29 is 9.53 Å². The molecule has 0 aromatic heterocycles. The molecule has 1 fully saturated rings. The van der Waals surface area contributed by atoms with Crippen molar-refractivity contribution in [3.05, 3.63) is 113 Å². The summed E-state index contributed by atoms with van der Waals surface area (Å²) in [6.45, 7) is 2.23. The van der Waals surface area contributed by atoms with Gasteiger partial charge in [-0.2, -0.15) is 0 Å². The first-order valence-electron chi connectivity index (χ1n) is 11.7. The summed E-state index contributed by atoms with van der Waals surface area (Å²) in [5, 5.41) is 0. The minimum atomic E-state index is -0.376. The Kier molecular flexibility index (Phi) is 5.98. The van der Waals surface area contributed by atoms with Crippen molar-refractivity contribution in [3.8, 4) is 0 Å². The molecule has 5 heteroatoms. The van der Waals surface area contributed by atoms with Gasteiger partial charge in [0, 0.05) is 12.1 Å². The third-order valence-electron chi connectivity index (χ3n) is 7.34. The predicted molar refractivity (Wildman–Crippen MR) is 136 cm³/mol. The Balaban J connectivity index is 1.63. The van der Waals surface area contributed by atoms with Gasteiger partial charge in [-0.3, -0.25) is 14.7 Å². The minimum Gasteiger partial charge on any atom is -0.452 e. The maximum atomic E-state index is 12.8. The first-order chi connectivity index (χ1) is 16.5. The van der Waals surface area contributed by atoms with Gasteiger partial charge in [0.05, 0.1) is 31.0 Å². The average molecular weight is 454 g/mol. The highest BCUT2D eigenvalue weighted by atomic mass is 16.5. The number of hydrogen-bond acceptors (Lipinski definition) is 4. The maximum Gasteiger partial charge on any atom is 0.418 e. The van der Waals surface area contributed by atoms with Crippen LogP contribution in [0.15, 0.2) is 96.7 Å². The number of hydrogen-bond donors (Lipinski definition) is 0. The van der Waals surface area contributed by atoms with E-state index >= 15 is 0 Å². The van der Waals surface area contributed by atoms with Crippen molar-refractivity contribution in [2.75, 3.05) is 26.1 Å². The molecule has 0 aliphatic carbocycles. The van der Waals surface area contributed by atoms with Crippen LogP contribution >= 0.6 is 0 Å². The number of likely N-dealkylation sites (N-methyl/N-ethyl adjacent to an activating group) is 2. The predicted octanol–water partition coefficient (Wildman–Crippen LogP) is 5.95. The molecule has 3 aromatic rings. The number of ether oxygens (including phenoxy) is 1. The van der Waals surface area contributed by atoms with Gasteiger partial charge in [0.25, 0.3) is 0 Å². The standard InChI is InChI=1S/C29H31N3O2/c1-20-23-17-11-12-18-25(23)32(29(33)34-4)19-24(20)28-30(2)26(21-13-7-5-8-14-21)27(31(28)3)22-15-9-6-10-16-22/h5-20,26-28H,1-4H3/t20-,26-,27-/m0/s1. The Morgan fingerprint density at radius 1 is 0.765 bits per heavy atom. The molecular formula is C29H31N3O2. The average Bonchev–Trinajstić information content (AvgIpc) is 3.14. The second-order valence-corrected chi connectivity index (χ2v) is 9.17. The lowest BCUT2D eigenvalue weighted by Gasteiger charge is -2.38. The molecular weight excluding hydrogens is 422 g/mol. The smallest absolute Gasteiger partial charge is 0.418 e. The van der Waals surface area contributed by atoms with Crippen molar-refractivity contribution in [2.45, 2.75) is 31.1 Å². The van der Waals surface area contributed by atoms with Gasteiger partial charge in [0.15, 0.2) is 0 Å². The molecule has 3 aromatic carbocycles. The van der Waals surface area contributed by atoms with Crippen LogP contribution in [0.2, 0.25) is 0 Å². The molecule has 2 aliphatic heterocycles. The van der Waals surface area contributed by atoms with Gasteiger partial charge < -0.3 is 4.74 Å². The second-order valence-electron chi connectivity index (χ2n) is 9.17. The summed E-state index contributed by atoms with van der Waals surface area (Å²) in [6, 6.07) is 29.8. The Bertz CT molecular complexity index is 1140. The van der Waals surface area contributed by atoms with E-state index in [2.05, 4.69) is 97.5 Å². The minimum absolute atomic E-state index is 0.00549. The number of carbonyl (C=O) groups is 1. The highest BCUT2D eigenvalue weighted by Gasteiger charge is 2.48. The quantitative estimate of drug-likeness (QED) is 0.491. The molecule has 34 heavy (non-hydrogen) atoms. The lowest BCUT2D eigenvalue weighted by molar-refractivity contribution is 0.178. The number of methoxy groups -OCH3 is 1. The van der Waals surface area contributed by atoms with Crippen LogP contribution in [0.3, 0.4) is 0 Å². The monoisotopic (exact) mass is 453 g/mol. The number of amides is 1. The molecule has 3 atom stereocenters. The third kappa shape index (κ3) is 3.61. The van der Waals surface area contributed by atoms with E-state index in [1.807, 2.05) is 24.4 Å². The summed E-state index contributed by atoms with van der Waals surface area (Å²) in [6.07, 6.45) is 1.62. The fraction of sp³-hybridized carbons (Fsp3) is 0.276. The number of benzene rings is 3. The molecule has 0 spiro atoms. The third-order valence-corrected chi connectivity index (χ3v) is 7.34. The number of fused-ring (bicyclic) bond motifs is 1. The van der Waals surface area contributed by atoms with Crippen LogP contribution in [0, 0.1) is 0 Å². The molecule has 1 amide bonds. The Morgan fingerprint density at radius 3 is 1.79 bits per heavy atom. The Morgan fingerprint density at radius 2 is 1.26 bits per heavy atom. The van der Waals surface area contributed by atoms with Crippen LogP contribution in [0.25, 0.3) is 0 Å². The van der Waals surface area contributed by atoms with Crippen molar-refractivity contribution in [3.63, 3.8) is 0 Å². The zero-order valence-corrected chi connectivity index (χ0v) is 20.1. The summed E-state index contributed by atoms with van der Waals surface area (Å²) in [7, 11) is 5.82. The first-order valence-corrected chi connectivity index (χ1v) is 11.7. The summed E-state index contributed by atoms with van der Waals surface area (Å²) < 4.78 is 5.14.